The molecule has 0 bridgehead atoms. The van der Waals surface area contributed by atoms with Crippen LogP contribution in [0.5, 0.6) is 11.8 Å². The number of nitrogens with one attached hydrogen (secondary N) is 2. The summed E-state index contributed by atoms with van der Waals surface area (Å²) >= 11 is 0. The minimum atomic E-state index is -0.921. The van der Waals surface area contributed by atoms with Gasteiger partial charge in [-0.05, 0) is 24.6 Å². The SMILES string of the molecule is Cc1[nH]nc2c1[C@@H](c1ccc(F)c(F)c1)c1c(n[nH]c1N)O2. The van der Waals surface area contributed by atoms with E-state index in [1.54, 1.807) is 0 Å². The van der Waals surface area contributed by atoms with Crippen molar-refractivity contribution in [2.24, 2.45) is 0 Å². The summed E-state index contributed by atoms with van der Waals surface area (Å²) < 4.78 is 32.5. The van der Waals surface area contributed by atoms with Crippen LogP contribution in [0.2, 0.25) is 0 Å². The average Bonchev–Trinajstić information content (AvgIpc) is 3.05. The molecular formula is C14H11F2N5O. The molecule has 4 N–H and O–H groups in total. The summed E-state index contributed by atoms with van der Waals surface area (Å²) in [6.07, 6.45) is 0. The number of benzene rings is 1. The van der Waals surface area contributed by atoms with Crippen molar-refractivity contribution in [3.8, 4) is 11.8 Å². The molecule has 3 heterocycles. The van der Waals surface area contributed by atoms with Crippen molar-refractivity contribution < 1.29 is 13.5 Å². The van der Waals surface area contributed by atoms with Crippen LogP contribution < -0.4 is 10.5 Å². The third-order valence-corrected chi connectivity index (χ3v) is 3.81. The van der Waals surface area contributed by atoms with Crippen molar-refractivity contribution in [3.05, 3.63) is 52.2 Å². The molecule has 0 saturated carbocycles. The van der Waals surface area contributed by atoms with Crippen LogP contribution in [0.4, 0.5) is 14.6 Å². The number of fused-ring (bicyclic) bond motifs is 2. The van der Waals surface area contributed by atoms with Gasteiger partial charge in [0.05, 0.1) is 11.5 Å². The summed E-state index contributed by atoms with van der Waals surface area (Å²) in [4.78, 5) is 0. The maximum absolute atomic E-state index is 13.7. The molecule has 0 spiro atoms. The van der Waals surface area contributed by atoms with Crippen LogP contribution in [0.1, 0.15) is 28.3 Å². The van der Waals surface area contributed by atoms with E-state index in [2.05, 4.69) is 20.4 Å². The molecule has 3 aromatic rings. The Kier molecular flexibility index (Phi) is 2.50. The van der Waals surface area contributed by atoms with E-state index in [0.29, 0.717) is 22.8 Å². The lowest BCUT2D eigenvalue weighted by atomic mass is 9.84. The Bertz CT molecular complexity index is 839. The first-order valence-electron chi connectivity index (χ1n) is 6.57. The van der Waals surface area contributed by atoms with Crippen LogP contribution in [0.3, 0.4) is 0 Å². The second kappa shape index (κ2) is 4.30. The number of H-pyrrole nitrogens is 2. The minimum Gasteiger partial charge on any atom is -0.417 e. The Morgan fingerprint density at radius 3 is 2.59 bits per heavy atom. The van der Waals surface area contributed by atoms with Crippen LogP contribution in [0.15, 0.2) is 18.2 Å². The van der Waals surface area contributed by atoms with Gasteiger partial charge in [0.25, 0.3) is 0 Å². The number of nitrogens with two attached hydrogens (primary N) is 1. The van der Waals surface area contributed by atoms with Gasteiger partial charge in [-0.2, -0.15) is 0 Å². The van der Waals surface area contributed by atoms with Crippen LogP contribution >= 0.6 is 0 Å². The van der Waals surface area contributed by atoms with Crippen molar-refractivity contribution in [2.45, 2.75) is 12.8 Å². The summed E-state index contributed by atoms with van der Waals surface area (Å²) in [5.74, 6) is -1.31. The maximum atomic E-state index is 13.7. The van der Waals surface area contributed by atoms with E-state index in [1.807, 2.05) is 6.92 Å². The molecule has 1 aliphatic rings. The number of nitrogen functional groups attached to an aromatic ring is 1. The van der Waals surface area contributed by atoms with Gasteiger partial charge in [0.15, 0.2) is 11.6 Å². The third kappa shape index (κ3) is 1.63. The Labute approximate surface area is 123 Å². The lowest BCUT2D eigenvalue weighted by molar-refractivity contribution is 0.418. The highest BCUT2D eigenvalue weighted by Gasteiger charge is 2.36. The van der Waals surface area contributed by atoms with E-state index in [4.69, 9.17) is 10.5 Å². The zero-order chi connectivity index (χ0) is 15.4. The number of ether oxygens (including phenoxy) is 1. The first-order chi connectivity index (χ1) is 10.6. The zero-order valence-corrected chi connectivity index (χ0v) is 11.4. The fraction of sp³-hybridized carbons (Fsp3) is 0.143. The molecule has 1 aliphatic heterocycles. The van der Waals surface area contributed by atoms with E-state index in [0.717, 1.165) is 23.4 Å². The number of halogens is 2. The van der Waals surface area contributed by atoms with Gasteiger partial charge in [-0.15, -0.1) is 10.2 Å². The second-order valence-electron chi connectivity index (χ2n) is 5.13. The third-order valence-electron chi connectivity index (χ3n) is 3.81. The molecule has 0 radical (unpaired) electrons. The molecule has 0 amide bonds. The maximum Gasteiger partial charge on any atom is 0.246 e. The van der Waals surface area contributed by atoms with Gasteiger partial charge in [-0.3, -0.25) is 10.2 Å². The Hall–Kier alpha value is -2.90. The minimum absolute atomic E-state index is 0.284. The molecule has 4 rings (SSSR count). The van der Waals surface area contributed by atoms with Crippen molar-refractivity contribution in [3.63, 3.8) is 0 Å². The number of rotatable bonds is 1. The molecule has 2 aromatic heterocycles. The Balaban J connectivity index is 1.99. The number of anilines is 1. The molecule has 22 heavy (non-hydrogen) atoms. The van der Waals surface area contributed by atoms with E-state index in [1.165, 1.54) is 6.07 Å². The monoisotopic (exact) mass is 303 g/mol. The number of nitrogens with zero attached hydrogens (tertiary/aromatic N) is 2. The summed E-state index contributed by atoms with van der Waals surface area (Å²) in [7, 11) is 0. The summed E-state index contributed by atoms with van der Waals surface area (Å²) in [5.41, 5.74) is 8.55. The van der Waals surface area contributed by atoms with Gasteiger partial charge in [0.2, 0.25) is 11.8 Å². The Morgan fingerprint density at radius 1 is 1.09 bits per heavy atom. The number of hydrogen-bond donors (Lipinski definition) is 3. The fourth-order valence-corrected chi connectivity index (χ4v) is 2.80. The molecule has 6 nitrogen and oxygen atoms in total. The highest BCUT2D eigenvalue weighted by molar-refractivity contribution is 5.62. The second-order valence-corrected chi connectivity index (χ2v) is 5.13. The van der Waals surface area contributed by atoms with E-state index in [-0.39, 0.29) is 5.88 Å². The quantitative estimate of drug-likeness (QED) is 0.504. The summed E-state index contributed by atoms with van der Waals surface area (Å²) in [6.45, 7) is 1.82. The first-order valence-corrected chi connectivity index (χ1v) is 6.57. The molecule has 0 fully saturated rings. The van der Waals surface area contributed by atoms with Gasteiger partial charge < -0.3 is 10.5 Å². The normalized spacial score (nSPS) is 16.0. The molecule has 112 valence electrons. The smallest absolute Gasteiger partial charge is 0.246 e. The van der Waals surface area contributed by atoms with Crippen LogP contribution in [0, 0.1) is 18.6 Å². The van der Waals surface area contributed by atoms with Crippen molar-refractivity contribution in [2.75, 3.05) is 5.73 Å². The van der Waals surface area contributed by atoms with Gasteiger partial charge in [0.1, 0.15) is 5.82 Å². The molecular weight excluding hydrogens is 292 g/mol. The molecule has 0 saturated heterocycles. The van der Waals surface area contributed by atoms with Gasteiger partial charge in [-0.25, -0.2) is 8.78 Å². The number of aromatic amines is 2. The summed E-state index contributed by atoms with van der Waals surface area (Å²) in [6, 6.07) is 3.75. The topological polar surface area (TPSA) is 92.6 Å². The molecule has 1 atom stereocenters. The molecule has 1 aromatic carbocycles. The lowest BCUT2D eigenvalue weighted by Crippen LogP contribution is -2.12. The zero-order valence-electron chi connectivity index (χ0n) is 11.4. The van der Waals surface area contributed by atoms with Gasteiger partial charge in [0, 0.05) is 11.3 Å². The predicted molar refractivity (Wildman–Crippen MR) is 73.7 cm³/mol. The fourth-order valence-electron chi connectivity index (χ4n) is 2.80. The summed E-state index contributed by atoms with van der Waals surface area (Å²) in [5, 5.41) is 13.5. The van der Waals surface area contributed by atoms with Crippen molar-refractivity contribution >= 4 is 5.82 Å². The van der Waals surface area contributed by atoms with Crippen LogP contribution in [-0.4, -0.2) is 20.4 Å². The standard InChI is InChI=1S/C14H11F2N5O/c1-5-9-10(6-2-3-7(15)8(16)4-6)11-12(17)19-21-14(11)22-13(9)20-18-5/h2-4,10H,1H3,(H,18,20)(H3,17,19,21)/t10-/m1/s1. The van der Waals surface area contributed by atoms with Crippen molar-refractivity contribution in [1.29, 1.82) is 0 Å². The lowest BCUT2D eigenvalue weighted by Gasteiger charge is -2.23. The van der Waals surface area contributed by atoms with E-state index >= 15 is 0 Å². The van der Waals surface area contributed by atoms with Crippen LogP contribution in [0.25, 0.3) is 0 Å². The van der Waals surface area contributed by atoms with E-state index in [9.17, 15) is 8.78 Å². The number of aryl methyl sites for hydroxylation is 1. The molecule has 0 aliphatic carbocycles. The Morgan fingerprint density at radius 2 is 1.82 bits per heavy atom. The number of aromatic nitrogens is 4. The van der Waals surface area contributed by atoms with Crippen molar-refractivity contribution in [1.82, 2.24) is 20.4 Å². The first kappa shape index (κ1) is 12.8. The number of hydrogen-bond acceptors (Lipinski definition) is 4. The molecule has 8 heteroatoms. The molecule has 0 unspecified atom stereocenters. The predicted octanol–water partition coefficient (Wildman–Crippen LogP) is 2.59. The van der Waals surface area contributed by atoms with Crippen LogP contribution in [-0.2, 0) is 0 Å². The van der Waals surface area contributed by atoms with Gasteiger partial charge >= 0.3 is 0 Å². The largest absolute Gasteiger partial charge is 0.417 e. The highest BCUT2D eigenvalue weighted by atomic mass is 19.2. The highest BCUT2D eigenvalue weighted by Crippen LogP contribution is 2.48. The average molecular weight is 303 g/mol. The van der Waals surface area contributed by atoms with Gasteiger partial charge in [-0.1, -0.05) is 6.07 Å². The van der Waals surface area contributed by atoms with E-state index < -0.39 is 17.6 Å².